The molecule has 1 aromatic carbocycles. The molecule has 4 rings (SSSR count). The van der Waals surface area contributed by atoms with Crippen LogP contribution in [0.5, 0.6) is 0 Å². The zero-order valence-electron chi connectivity index (χ0n) is 20.3. The minimum absolute atomic E-state index is 0.139. The van der Waals surface area contributed by atoms with Gasteiger partial charge in [0.1, 0.15) is 17.9 Å². The van der Waals surface area contributed by atoms with E-state index in [9.17, 15) is 20.0 Å². The number of ether oxygens (including phenoxy) is 2. The number of fused-ring (bicyclic) bond motifs is 1. The number of rotatable bonds is 5. The molecular weight excluding hydrogens is 466 g/mol. The summed E-state index contributed by atoms with van der Waals surface area (Å²) in [6.07, 6.45) is 1.98. The van der Waals surface area contributed by atoms with Crippen molar-refractivity contribution < 1.29 is 29.3 Å². The molecule has 1 saturated heterocycles. The maximum absolute atomic E-state index is 12.4. The Hall–Kier alpha value is -3.85. The summed E-state index contributed by atoms with van der Waals surface area (Å²) in [4.78, 5) is 27.3. The molecule has 1 fully saturated rings. The Morgan fingerprint density at radius 1 is 1.25 bits per heavy atom. The van der Waals surface area contributed by atoms with E-state index in [1.807, 2.05) is 6.07 Å². The molecule has 2 unspecified atom stereocenters. The summed E-state index contributed by atoms with van der Waals surface area (Å²) in [6.45, 7) is 4.51. The summed E-state index contributed by atoms with van der Waals surface area (Å²) < 4.78 is 11.7. The minimum atomic E-state index is -1.19. The van der Waals surface area contributed by atoms with Crippen LogP contribution in [0.3, 0.4) is 0 Å². The second-order valence-corrected chi connectivity index (χ2v) is 9.16. The lowest BCUT2D eigenvalue weighted by molar-refractivity contribution is -0.161. The highest BCUT2D eigenvalue weighted by atomic mass is 16.6. The predicted octanol–water partition coefficient (Wildman–Crippen LogP) is 2.40. The number of benzene rings is 1. The molecule has 1 amide bonds. The van der Waals surface area contributed by atoms with Gasteiger partial charge in [0, 0.05) is 5.56 Å². The summed E-state index contributed by atoms with van der Waals surface area (Å²) >= 11 is 0. The number of carbonyl (C=O) groups excluding carboxylic acids is 2. The predicted molar refractivity (Wildman–Crippen MR) is 128 cm³/mol. The van der Waals surface area contributed by atoms with Crippen LogP contribution >= 0.6 is 0 Å². The van der Waals surface area contributed by atoms with Gasteiger partial charge in [0.15, 0.2) is 18.2 Å². The third-order valence-electron chi connectivity index (χ3n) is 5.51. The van der Waals surface area contributed by atoms with E-state index in [2.05, 4.69) is 26.2 Å². The van der Waals surface area contributed by atoms with E-state index in [1.54, 1.807) is 61.7 Å². The Labute approximate surface area is 208 Å². The van der Waals surface area contributed by atoms with Gasteiger partial charge in [-0.05, 0) is 57.9 Å². The van der Waals surface area contributed by atoms with Crippen molar-refractivity contribution in [1.82, 2.24) is 14.6 Å². The molecule has 0 radical (unpaired) electrons. The van der Waals surface area contributed by atoms with E-state index in [1.165, 1.54) is 6.33 Å². The number of esters is 1. The molecule has 0 aliphatic carbocycles. The van der Waals surface area contributed by atoms with Crippen molar-refractivity contribution in [3.05, 3.63) is 60.0 Å². The summed E-state index contributed by atoms with van der Waals surface area (Å²) in [6, 6.07) is 14.5. The molecular formula is C25H29N5O6. The fraction of sp³-hybridized carbons (Fsp3) is 0.400. The molecule has 190 valence electrons. The van der Waals surface area contributed by atoms with Gasteiger partial charge in [0.2, 0.25) is 0 Å². The van der Waals surface area contributed by atoms with Crippen molar-refractivity contribution in [1.29, 1.82) is 5.26 Å². The van der Waals surface area contributed by atoms with E-state index >= 15 is 0 Å². The molecule has 11 nitrogen and oxygen atoms in total. The lowest BCUT2D eigenvalue weighted by Crippen LogP contribution is -2.28. The topological polar surface area (TPSA) is 159 Å². The van der Waals surface area contributed by atoms with Crippen LogP contribution in [0.1, 0.15) is 49.7 Å². The normalized spacial score (nSPS) is 19.2. The fourth-order valence-corrected chi connectivity index (χ4v) is 3.60. The number of nitrogens with one attached hydrogen (secondary N) is 1. The fourth-order valence-electron chi connectivity index (χ4n) is 3.60. The van der Waals surface area contributed by atoms with Gasteiger partial charge in [0.25, 0.3) is 5.91 Å². The molecule has 1 aliphatic rings. The Kier molecular flexibility index (Phi) is 8.37. The van der Waals surface area contributed by atoms with Gasteiger partial charge in [0.05, 0.1) is 23.8 Å². The number of aromatic nitrogens is 3. The number of hydrogen-bond donors (Lipinski definition) is 3. The van der Waals surface area contributed by atoms with E-state index in [0.717, 1.165) is 0 Å². The second kappa shape index (κ2) is 11.3. The molecule has 0 saturated carbocycles. The molecule has 0 spiro atoms. The smallest absolute Gasteiger partial charge is 0.313 e. The van der Waals surface area contributed by atoms with E-state index in [0.29, 0.717) is 35.4 Å². The van der Waals surface area contributed by atoms with Crippen molar-refractivity contribution in [3.8, 4) is 6.07 Å². The number of aliphatic hydroxyl groups is 2. The quantitative estimate of drug-likeness (QED) is 0.357. The number of anilines is 1. The highest BCUT2D eigenvalue weighted by molar-refractivity contribution is 6.05. The van der Waals surface area contributed by atoms with Gasteiger partial charge < -0.3 is 25.0 Å². The first-order valence-corrected chi connectivity index (χ1v) is 11.3. The van der Waals surface area contributed by atoms with Crippen LogP contribution in [0.2, 0.25) is 0 Å². The van der Waals surface area contributed by atoms with E-state index in [-0.39, 0.29) is 24.6 Å². The van der Waals surface area contributed by atoms with Crippen LogP contribution in [0.25, 0.3) is 5.52 Å². The van der Waals surface area contributed by atoms with Crippen LogP contribution in [-0.2, 0) is 19.9 Å². The number of amides is 1. The third kappa shape index (κ3) is 5.85. The zero-order valence-corrected chi connectivity index (χ0v) is 20.3. The Morgan fingerprint density at radius 3 is 2.53 bits per heavy atom. The number of nitriles is 1. The molecule has 3 heterocycles. The number of hydrogen-bond acceptors (Lipinski definition) is 9. The Bertz CT molecular complexity index is 1250. The lowest BCUT2D eigenvalue weighted by Gasteiger charge is -2.21. The van der Waals surface area contributed by atoms with Crippen LogP contribution in [0.15, 0.2) is 48.8 Å². The molecule has 3 N–H and O–H groups in total. The average molecular weight is 496 g/mol. The highest BCUT2D eigenvalue weighted by Gasteiger charge is 2.44. The second-order valence-electron chi connectivity index (χ2n) is 9.16. The third-order valence-corrected chi connectivity index (χ3v) is 5.51. The number of aliphatic hydroxyl groups excluding tert-OH is 2. The zero-order chi connectivity index (χ0) is 26.3. The van der Waals surface area contributed by atoms with Crippen LogP contribution in [0, 0.1) is 16.7 Å². The van der Waals surface area contributed by atoms with E-state index in [4.69, 9.17) is 9.84 Å². The minimum Gasteiger partial charge on any atom is -0.438 e. The molecule has 36 heavy (non-hydrogen) atoms. The van der Waals surface area contributed by atoms with Crippen molar-refractivity contribution in [2.75, 3.05) is 18.7 Å². The monoisotopic (exact) mass is 495 g/mol. The van der Waals surface area contributed by atoms with Crippen molar-refractivity contribution in [2.24, 2.45) is 5.41 Å². The summed E-state index contributed by atoms with van der Waals surface area (Å²) in [5.74, 6) is -0.327. The first-order chi connectivity index (χ1) is 17.1. The highest BCUT2D eigenvalue weighted by Crippen LogP contribution is 2.39. The maximum Gasteiger partial charge on any atom is 0.313 e. The maximum atomic E-state index is 12.4. The first kappa shape index (κ1) is 26.7. The molecule has 3 aromatic rings. The van der Waals surface area contributed by atoms with E-state index < -0.39 is 17.8 Å². The SMILES string of the molecule is CC(C)(C)C(=O)OCO.N#CC1(c2ccc3c(NC(=O)c4ccccc4)ncnn23)CCC(CO)O1. The van der Waals surface area contributed by atoms with Gasteiger partial charge in [-0.3, -0.25) is 9.59 Å². The Morgan fingerprint density at radius 2 is 1.97 bits per heavy atom. The van der Waals surface area contributed by atoms with Gasteiger partial charge >= 0.3 is 5.97 Å². The average Bonchev–Trinajstić information content (AvgIpc) is 3.50. The summed E-state index contributed by atoms with van der Waals surface area (Å²) in [5, 5.41) is 34.3. The van der Waals surface area contributed by atoms with Crippen molar-refractivity contribution >= 4 is 23.2 Å². The van der Waals surface area contributed by atoms with Gasteiger partial charge in [-0.1, -0.05) is 18.2 Å². The number of carbonyl (C=O) groups is 2. The molecule has 1 aliphatic heterocycles. The molecule has 2 aromatic heterocycles. The van der Waals surface area contributed by atoms with Gasteiger partial charge in [-0.15, -0.1) is 0 Å². The van der Waals surface area contributed by atoms with Crippen LogP contribution < -0.4 is 5.32 Å². The van der Waals surface area contributed by atoms with Crippen LogP contribution in [0.4, 0.5) is 5.82 Å². The van der Waals surface area contributed by atoms with Crippen molar-refractivity contribution in [2.45, 2.75) is 45.3 Å². The largest absolute Gasteiger partial charge is 0.438 e. The first-order valence-electron chi connectivity index (χ1n) is 11.3. The number of nitrogens with zero attached hydrogens (tertiary/aromatic N) is 4. The molecule has 2 atom stereocenters. The standard InChI is InChI=1S/C19H17N5O3.C6H12O3/c20-11-19(9-8-14(10-25)27-19)16-7-6-15-17(21-12-22-24(15)16)23-18(26)13-4-2-1-3-5-13;1-6(2,3)5(8)9-4-7/h1-7,12,14,25H,8-10H2,(H,21,22,23,26);7H,4H2,1-3H3. The Balaban J connectivity index is 0.000000345. The van der Waals surface area contributed by atoms with Gasteiger partial charge in [-0.2, -0.15) is 10.4 Å². The van der Waals surface area contributed by atoms with Crippen LogP contribution in [-0.4, -0.2) is 56.2 Å². The summed E-state index contributed by atoms with van der Waals surface area (Å²) in [7, 11) is 0. The molecule has 0 bridgehead atoms. The van der Waals surface area contributed by atoms with Crippen molar-refractivity contribution in [3.63, 3.8) is 0 Å². The molecule has 11 heteroatoms. The summed E-state index contributed by atoms with van der Waals surface area (Å²) in [5.41, 5.74) is -0.0760. The van der Waals surface area contributed by atoms with Gasteiger partial charge in [-0.25, -0.2) is 9.50 Å². The lowest BCUT2D eigenvalue weighted by atomic mass is 9.98.